The van der Waals surface area contributed by atoms with Crippen molar-refractivity contribution in [3.63, 3.8) is 0 Å². The highest BCUT2D eigenvalue weighted by Crippen LogP contribution is 2.24. The van der Waals surface area contributed by atoms with Crippen molar-refractivity contribution in [3.05, 3.63) is 68.7 Å². The zero-order valence-electron chi connectivity index (χ0n) is 14.6. The molecule has 0 fully saturated rings. The number of nitro groups is 1. The molecule has 0 N–H and O–H groups in total. The third-order valence-corrected chi connectivity index (χ3v) is 4.36. The first kappa shape index (κ1) is 17.8. The molecule has 0 spiro atoms. The van der Waals surface area contributed by atoms with E-state index in [-0.39, 0.29) is 11.7 Å². The van der Waals surface area contributed by atoms with Gasteiger partial charge in [-0.2, -0.15) is 5.10 Å². The van der Waals surface area contributed by atoms with Crippen LogP contribution in [0.5, 0.6) is 0 Å². The highest BCUT2D eigenvalue weighted by Gasteiger charge is 2.13. The average molecular weight is 370 g/mol. The van der Waals surface area contributed by atoms with Gasteiger partial charge in [0.1, 0.15) is 11.5 Å². The lowest BCUT2D eigenvalue weighted by Gasteiger charge is -2.06. The van der Waals surface area contributed by atoms with Crippen LogP contribution in [-0.2, 0) is 0 Å². The lowest BCUT2D eigenvalue weighted by molar-refractivity contribution is -0.384. The molecule has 0 saturated heterocycles. The molecule has 134 valence electrons. The summed E-state index contributed by atoms with van der Waals surface area (Å²) in [5.41, 5.74) is 2.17. The molecule has 0 aliphatic heterocycles. The van der Waals surface area contributed by atoms with Crippen LogP contribution in [0.3, 0.4) is 0 Å². The minimum Gasteiger partial charge on any atom is -0.463 e. The van der Waals surface area contributed by atoms with Crippen molar-refractivity contribution in [2.24, 2.45) is 10.1 Å². The normalized spacial score (nSPS) is 12.8. The molecular formula is C18H18N4O3S. The van der Waals surface area contributed by atoms with Gasteiger partial charge in [-0.3, -0.25) is 15.1 Å². The number of thiazole rings is 1. The molecule has 0 bridgehead atoms. The maximum Gasteiger partial charge on any atom is 0.270 e. The molecule has 0 unspecified atom stereocenters. The molecule has 8 heteroatoms. The van der Waals surface area contributed by atoms with Gasteiger partial charge in [-0.25, -0.2) is 4.68 Å². The van der Waals surface area contributed by atoms with Crippen LogP contribution in [0.15, 0.2) is 62.6 Å². The fourth-order valence-corrected chi connectivity index (χ4v) is 3.33. The number of furan rings is 1. The number of nitrogens with zero attached hydrogens (tertiary/aromatic N) is 4. The number of rotatable bonds is 5. The molecule has 0 saturated carbocycles. The van der Waals surface area contributed by atoms with Crippen LogP contribution in [0.2, 0.25) is 0 Å². The standard InChI is InChI=1S/C18H18N4O3S/c1-12(2)19-18-21(20-13(3)17-8-5-9-25-17)16(11-26-18)14-6-4-7-15(10-14)22(23)24/h4-12H,1-3H3. The second-order valence-corrected chi connectivity index (χ2v) is 6.74. The molecule has 0 aliphatic rings. The maximum atomic E-state index is 11.1. The summed E-state index contributed by atoms with van der Waals surface area (Å²) in [5.74, 6) is 0.657. The molecule has 3 aromatic rings. The molecule has 0 atom stereocenters. The lowest BCUT2D eigenvalue weighted by atomic mass is 10.1. The zero-order chi connectivity index (χ0) is 18.7. The van der Waals surface area contributed by atoms with Crippen molar-refractivity contribution in [1.29, 1.82) is 0 Å². The monoisotopic (exact) mass is 370 g/mol. The molecule has 2 aromatic heterocycles. The third kappa shape index (κ3) is 3.80. The van der Waals surface area contributed by atoms with Crippen molar-refractivity contribution in [2.75, 3.05) is 0 Å². The Hall–Kier alpha value is -3.00. The minimum atomic E-state index is -0.406. The van der Waals surface area contributed by atoms with Gasteiger partial charge in [-0.15, -0.1) is 11.3 Å². The Morgan fingerprint density at radius 1 is 1.31 bits per heavy atom. The Morgan fingerprint density at radius 2 is 2.12 bits per heavy atom. The Balaban J connectivity index is 2.18. The van der Waals surface area contributed by atoms with E-state index in [0.29, 0.717) is 21.8 Å². The number of non-ortho nitro benzene ring substituents is 1. The smallest absolute Gasteiger partial charge is 0.270 e. The van der Waals surface area contributed by atoms with Crippen molar-refractivity contribution in [3.8, 4) is 11.3 Å². The van der Waals surface area contributed by atoms with Gasteiger partial charge in [0.25, 0.3) is 5.69 Å². The van der Waals surface area contributed by atoms with E-state index in [1.807, 2.05) is 38.3 Å². The SMILES string of the molecule is CC(=Nn1c(-c2cccc([N+](=O)[O-])c2)csc1=NC(C)C)c1ccco1. The van der Waals surface area contributed by atoms with Crippen LogP contribution < -0.4 is 4.80 Å². The molecule has 0 amide bonds. The molecular weight excluding hydrogens is 352 g/mol. The molecule has 3 rings (SSSR count). The van der Waals surface area contributed by atoms with E-state index >= 15 is 0 Å². The zero-order valence-corrected chi connectivity index (χ0v) is 15.4. The summed E-state index contributed by atoms with van der Waals surface area (Å²) in [7, 11) is 0. The van der Waals surface area contributed by atoms with E-state index in [2.05, 4.69) is 10.1 Å². The summed E-state index contributed by atoms with van der Waals surface area (Å²) in [5, 5.41) is 17.6. The molecule has 0 radical (unpaired) electrons. The van der Waals surface area contributed by atoms with Gasteiger partial charge >= 0.3 is 0 Å². The predicted octanol–water partition coefficient (Wildman–Crippen LogP) is 4.30. The van der Waals surface area contributed by atoms with E-state index in [0.717, 1.165) is 5.69 Å². The van der Waals surface area contributed by atoms with Crippen molar-refractivity contribution in [1.82, 2.24) is 4.68 Å². The average Bonchev–Trinajstić information content (AvgIpc) is 3.25. The summed E-state index contributed by atoms with van der Waals surface area (Å²) in [6, 6.07) is 10.2. The fourth-order valence-electron chi connectivity index (χ4n) is 2.37. The number of nitro benzene ring substituents is 1. The van der Waals surface area contributed by atoms with E-state index in [9.17, 15) is 10.1 Å². The van der Waals surface area contributed by atoms with E-state index in [4.69, 9.17) is 4.42 Å². The molecule has 1 aromatic carbocycles. The van der Waals surface area contributed by atoms with E-state index < -0.39 is 4.92 Å². The van der Waals surface area contributed by atoms with Gasteiger partial charge in [0, 0.05) is 29.1 Å². The Bertz CT molecular complexity index is 1010. The van der Waals surface area contributed by atoms with Crippen LogP contribution in [0.25, 0.3) is 11.3 Å². The molecule has 7 nitrogen and oxygen atoms in total. The lowest BCUT2D eigenvalue weighted by Crippen LogP contribution is -2.16. The van der Waals surface area contributed by atoms with Gasteiger partial charge in [0.05, 0.1) is 16.9 Å². The first-order valence-corrected chi connectivity index (χ1v) is 8.92. The Kier molecular flexibility index (Phi) is 5.13. The van der Waals surface area contributed by atoms with Crippen LogP contribution in [0.4, 0.5) is 5.69 Å². The summed E-state index contributed by atoms with van der Waals surface area (Å²) in [6.07, 6.45) is 1.59. The van der Waals surface area contributed by atoms with Gasteiger partial charge in [-0.05, 0) is 32.9 Å². The van der Waals surface area contributed by atoms with Crippen LogP contribution in [-0.4, -0.2) is 21.4 Å². The largest absolute Gasteiger partial charge is 0.463 e. The second kappa shape index (κ2) is 7.49. The van der Waals surface area contributed by atoms with Gasteiger partial charge < -0.3 is 4.42 Å². The van der Waals surface area contributed by atoms with Crippen molar-refractivity contribution >= 4 is 22.7 Å². The Labute approximate surface area is 154 Å². The maximum absolute atomic E-state index is 11.1. The molecule has 2 heterocycles. The molecule has 0 aliphatic carbocycles. The van der Waals surface area contributed by atoms with Gasteiger partial charge in [0.2, 0.25) is 4.80 Å². The Morgan fingerprint density at radius 3 is 2.77 bits per heavy atom. The number of aromatic nitrogens is 1. The van der Waals surface area contributed by atoms with Crippen molar-refractivity contribution in [2.45, 2.75) is 26.8 Å². The number of benzene rings is 1. The van der Waals surface area contributed by atoms with E-state index in [1.165, 1.54) is 23.5 Å². The van der Waals surface area contributed by atoms with Crippen LogP contribution in [0, 0.1) is 10.1 Å². The topological polar surface area (TPSA) is 85.9 Å². The predicted molar refractivity (Wildman–Crippen MR) is 101 cm³/mol. The first-order chi connectivity index (χ1) is 12.5. The third-order valence-electron chi connectivity index (χ3n) is 3.53. The minimum absolute atomic E-state index is 0.0364. The number of hydrogen-bond acceptors (Lipinski definition) is 6. The van der Waals surface area contributed by atoms with Crippen LogP contribution in [0.1, 0.15) is 26.5 Å². The highest BCUT2D eigenvalue weighted by molar-refractivity contribution is 7.07. The highest BCUT2D eigenvalue weighted by atomic mass is 32.1. The van der Waals surface area contributed by atoms with Gasteiger partial charge in [0.15, 0.2) is 0 Å². The number of hydrogen-bond donors (Lipinski definition) is 0. The summed E-state index contributed by atoms with van der Waals surface area (Å²) >= 11 is 1.44. The molecule has 26 heavy (non-hydrogen) atoms. The van der Waals surface area contributed by atoms with Gasteiger partial charge in [-0.1, -0.05) is 12.1 Å². The van der Waals surface area contributed by atoms with Crippen LogP contribution >= 0.6 is 11.3 Å². The first-order valence-electron chi connectivity index (χ1n) is 8.04. The quantitative estimate of drug-likeness (QED) is 0.381. The fraction of sp³-hybridized carbons (Fsp3) is 0.222. The van der Waals surface area contributed by atoms with Crippen molar-refractivity contribution < 1.29 is 9.34 Å². The summed E-state index contributed by atoms with van der Waals surface area (Å²) in [4.78, 5) is 16.0. The summed E-state index contributed by atoms with van der Waals surface area (Å²) < 4.78 is 7.11. The summed E-state index contributed by atoms with van der Waals surface area (Å²) in [6.45, 7) is 5.82. The second-order valence-electron chi connectivity index (χ2n) is 5.91. The van der Waals surface area contributed by atoms with E-state index in [1.54, 1.807) is 23.1 Å².